The van der Waals surface area contributed by atoms with Crippen LogP contribution in [0.25, 0.3) is 0 Å². The molecule has 0 amide bonds. The maximum atomic E-state index is 4.24. The van der Waals surface area contributed by atoms with Crippen LogP contribution < -0.4 is 10.2 Å². The van der Waals surface area contributed by atoms with E-state index >= 15 is 0 Å². The molecule has 4 nitrogen and oxygen atoms in total. The summed E-state index contributed by atoms with van der Waals surface area (Å²) < 4.78 is 0. The van der Waals surface area contributed by atoms with Gasteiger partial charge in [0.1, 0.15) is 0 Å². The SMILES string of the molecule is Cc1cc(CN[C@H]2CCCN(c3cccnc3)C2)ccn1. The molecule has 2 aromatic rings. The Hall–Kier alpha value is -1.94. The lowest BCUT2D eigenvalue weighted by Gasteiger charge is -2.34. The molecule has 0 spiro atoms. The molecule has 0 aromatic carbocycles. The zero-order valence-corrected chi connectivity index (χ0v) is 12.5. The van der Waals surface area contributed by atoms with E-state index < -0.39 is 0 Å². The third-order valence-electron chi connectivity index (χ3n) is 3.99. The van der Waals surface area contributed by atoms with E-state index in [-0.39, 0.29) is 0 Å². The fourth-order valence-corrected chi connectivity index (χ4v) is 2.90. The lowest BCUT2D eigenvalue weighted by molar-refractivity contribution is 0.421. The average Bonchev–Trinajstić information content (AvgIpc) is 2.54. The zero-order valence-electron chi connectivity index (χ0n) is 12.5. The molecule has 1 atom stereocenters. The number of aromatic nitrogens is 2. The van der Waals surface area contributed by atoms with Gasteiger partial charge in [0.15, 0.2) is 0 Å². The van der Waals surface area contributed by atoms with Crippen molar-refractivity contribution in [2.24, 2.45) is 0 Å². The molecule has 2 aromatic heterocycles. The number of anilines is 1. The van der Waals surface area contributed by atoms with Crippen LogP contribution >= 0.6 is 0 Å². The predicted octanol–water partition coefficient (Wildman–Crippen LogP) is 2.54. The van der Waals surface area contributed by atoms with Crippen molar-refractivity contribution in [2.45, 2.75) is 32.4 Å². The van der Waals surface area contributed by atoms with Gasteiger partial charge in [0.25, 0.3) is 0 Å². The number of hydrogen-bond acceptors (Lipinski definition) is 4. The van der Waals surface area contributed by atoms with Gasteiger partial charge in [0.2, 0.25) is 0 Å². The van der Waals surface area contributed by atoms with Crippen LogP contribution in [0.15, 0.2) is 42.9 Å². The lowest BCUT2D eigenvalue weighted by Crippen LogP contribution is -2.45. The van der Waals surface area contributed by atoms with Crippen LogP contribution in [0, 0.1) is 6.92 Å². The van der Waals surface area contributed by atoms with Crippen LogP contribution in [-0.2, 0) is 6.54 Å². The van der Waals surface area contributed by atoms with Crippen LogP contribution in [0.2, 0.25) is 0 Å². The summed E-state index contributed by atoms with van der Waals surface area (Å²) in [7, 11) is 0. The smallest absolute Gasteiger partial charge is 0.0553 e. The topological polar surface area (TPSA) is 41.0 Å². The summed E-state index contributed by atoms with van der Waals surface area (Å²) >= 11 is 0. The second kappa shape index (κ2) is 6.68. The minimum absolute atomic E-state index is 0.535. The standard InChI is InChI=1S/C17H22N4/c1-14-10-15(6-8-19-14)11-20-16-4-3-9-21(13-16)17-5-2-7-18-12-17/h2,5-8,10,12,16,20H,3-4,9,11,13H2,1H3/t16-/m0/s1. The summed E-state index contributed by atoms with van der Waals surface area (Å²) in [5.74, 6) is 0. The fraction of sp³-hybridized carbons (Fsp3) is 0.412. The average molecular weight is 282 g/mol. The van der Waals surface area contributed by atoms with Crippen molar-refractivity contribution in [2.75, 3.05) is 18.0 Å². The Morgan fingerprint density at radius 2 is 2.29 bits per heavy atom. The summed E-state index contributed by atoms with van der Waals surface area (Å²) in [6.07, 6.45) is 8.13. The van der Waals surface area contributed by atoms with E-state index in [2.05, 4.69) is 38.4 Å². The van der Waals surface area contributed by atoms with Crippen molar-refractivity contribution in [3.05, 3.63) is 54.1 Å². The third kappa shape index (κ3) is 3.79. The second-order valence-electron chi connectivity index (χ2n) is 5.68. The van der Waals surface area contributed by atoms with Crippen molar-refractivity contribution in [1.82, 2.24) is 15.3 Å². The van der Waals surface area contributed by atoms with Crippen LogP contribution in [0.1, 0.15) is 24.1 Å². The van der Waals surface area contributed by atoms with Gasteiger partial charge in [-0.1, -0.05) is 0 Å². The number of hydrogen-bond donors (Lipinski definition) is 1. The number of pyridine rings is 2. The first-order chi connectivity index (χ1) is 10.3. The highest BCUT2D eigenvalue weighted by Crippen LogP contribution is 2.18. The van der Waals surface area contributed by atoms with Crippen LogP contribution in [-0.4, -0.2) is 29.1 Å². The molecule has 110 valence electrons. The van der Waals surface area contributed by atoms with E-state index in [4.69, 9.17) is 0 Å². The number of rotatable bonds is 4. The fourth-order valence-electron chi connectivity index (χ4n) is 2.90. The molecule has 1 aliphatic rings. The normalized spacial score (nSPS) is 18.7. The molecule has 4 heteroatoms. The third-order valence-corrected chi connectivity index (χ3v) is 3.99. The summed E-state index contributed by atoms with van der Waals surface area (Å²) in [4.78, 5) is 10.9. The Bertz CT molecular complexity index is 570. The van der Waals surface area contributed by atoms with Gasteiger partial charge >= 0.3 is 0 Å². The lowest BCUT2D eigenvalue weighted by atomic mass is 10.0. The summed E-state index contributed by atoms with van der Waals surface area (Å²) in [6, 6.07) is 8.91. The Kier molecular flexibility index (Phi) is 4.46. The minimum atomic E-state index is 0.535. The van der Waals surface area contributed by atoms with Crippen molar-refractivity contribution >= 4 is 5.69 Å². The van der Waals surface area contributed by atoms with E-state index in [1.807, 2.05) is 31.6 Å². The van der Waals surface area contributed by atoms with E-state index in [0.717, 1.165) is 25.3 Å². The monoisotopic (exact) mass is 282 g/mol. The number of nitrogens with one attached hydrogen (secondary N) is 1. The summed E-state index contributed by atoms with van der Waals surface area (Å²) in [5, 5.41) is 3.67. The molecule has 1 saturated heterocycles. The molecule has 0 bridgehead atoms. The molecular formula is C17H22N4. The molecule has 1 aliphatic heterocycles. The van der Waals surface area contributed by atoms with Gasteiger partial charge in [-0.15, -0.1) is 0 Å². The predicted molar refractivity (Wildman–Crippen MR) is 85.3 cm³/mol. The van der Waals surface area contributed by atoms with Crippen LogP contribution in [0.4, 0.5) is 5.69 Å². The Labute approximate surface area is 126 Å². The number of aryl methyl sites for hydroxylation is 1. The van der Waals surface area contributed by atoms with Gasteiger partial charge in [0.05, 0.1) is 11.9 Å². The van der Waals surface area contributed by atoms with Crippen molar-refractivity contribution in [3.63, 3.8) is 0 Å². The van der Waals surface area contributed by atoms with Gasteiger partial charge in [-0.3, -0.25) is 9.97 Å². The van der Waals surface area contributed by atoms with Crippen molar-refractivity contribution < 1.29 is 0 Å². The molecule has 1 N–H and O–H groups in total. The molecule has 1 fully saturated rings. The van der Waals surface area contributed by atoms with Gasteiger partial charge in [0, 0.05) is 43.8 Å². The van der Waals surface area contributed by atoms with Crippen molar-refractivity contribution in [1.29, 1.82) is 0 Å². The van der Waals surface area contributed by atoms with Gasteiger partial charge in [-0.2, -0.15) is 0 Å². The molecule has 0 aliphatic carbocycles. The van der Waals surface area contributed by atoms with E-state index in [9.17, 15) is 0 Å². The molecule has 21 heavy (non-hydrogen) atoms. The van der Waals surface area contributed by atoms with E-state index in [1.165, 1.54) is 24.1 Å². The Morgan fingerprint density at radius 1 is 1.33 bits per heavy atom. The highest BCUT2D eigenvalue weighted by molar-refractivity contribution is 5.44. The molecule has 0 radical (unpaired) electrons. The summed E-state index contributed by atoms with van der Waals surface area (Å²) in [6.45, 7) is 5.12. The zero-order chi connectivity index (χ0) is 14.5. The first-order valence-corrected chi connectivity index (χ1v) is 7.61. The van der Waals surface area contributed by atoms with Crippen LogP contribution in [0.5, 0.6) is 0 Å². The molecule has 0 saturated carbocycles. The Balaban J connectivity index is 1.57. The molecule has 3 heterocycles. The first kappa shape index (κ1) is 14.0. The van der Waals surface area contributed by atoms with Gasteiger partial charge in [-0.25, -0.2) is 0 Å². The van der Waals surface area contributed by atoms with Crippen LogP contribution in [0.3, 0.4) is 0 Å². The maximum absolute atomic E-state index is 4.24. The molecular weight excluding hydrogens is 260 g/mol. The molecule has 3 rings (SSSR count). The molecule has 0 unspecified atom stereocenters. The largest absolute Gasteiger partial charge is 0.369 e. The number of nitrogens with zero attached hydrogens (tertiary/aromatic N) is 3. The van der Waals surface area contributed by atoms with E-state index in [0.29, 0.717) is 6.04 Å². The highest BCUT2D eigenvalue weighted by Gasteiger charge is 2.19. The van der Waals surface area contributed by atoms with Gasteiger partial charge in [-0.05, 0) is 49.6 Å². The highest BCUT2D eigenvalue weighted by atomic mass is 15.2. The van der Waals surface area contributed by atoms with Gasteiger partial charge < -0.3 is 10.2 Å². The number of piperidine rings is 1. The first-order valence-electron chi connectivity index (χ1n) is 7.61. The Morgan fingerprint density at radius 3 is 3.10 bits per heavy atom. The quantitative estimate of drug-likeness (QED) is 0.935. The minimum Gasteiger partial charge on any atom is -0.369 e. The maximum Gasteiger partial charge on any atom is 0.0553 e. The second-order valence-corrected chi connectivity index (χ2v) is 5.68. The summed E-state index contributed by atoms with van der Waals surface area (Å²) in [5.41, 5.74) is 3.61. The van der Waals surface area contributed by atoms with Crippen molar-refractivity contribution in [3.8, 4) is 0 Å². The van der Waals surface area contributed by atoms with E-state index in [1.54, 1.807) is 0 Å².